The van der Waals surface area contributed by atoms with Gasteiger partial charge in [0.25, 0.3) is 0 Å². The van der Waals surface area contributed by atoms with Crippen LogP contribution in [0.5, 0.6) is 11.5 Å². The standard InChI is InChI=1S/C23H32N2O5/c1-12(2)19(21(27)28)24-14-11-15(26)20-18-13(14)10-16-23(29-4)7-5-6-17(30-20)22(18,23)8-9-25(16)3/h11-12,16-17,19,24,26H,5-10H2,1-4H3,(H,27,28)/t16-,17?,19+,22-,23-/m1/s1. The number of methoxy groups -OCH3 is 1. The summed E-state index contributed by atoms with van der Waals surface area (Å²) >= 11 is 0. The zero-order valence-corrected chi connectivity index (χ0v) is 18.2. The Hall–Kier alpha value is -1.99. The number of rotatable bonds is 5. The molecule has 1 aromatic rings. The van der Waals surface area contributed by atoms with Crippen molar-refractivity contribution in [2.75, 3.05) is 26.0 Å². The number of carboxylic acids is 1. The Bertz CT molecular complexity index is 902. The van der Waals surface area contributed by atoms with Crippen LogP contribution in [0.1, 0.15) is 50.7 Å². The molecule has 30 heavy (non-hydrogen) atoms. The first-order chi connectivity index (χ1) is 14.3. The molecule has 1 saturated carbocycles. The van der Waals surface area contributed by atoms with Crippen molar-refractivity contribution in [1.29, 1.82) is 0 Å². The van der Waals surface area contributed by atoms with Gasteiger partial charge in [0.05, 0.1) is 11.0 Å². The van der Waals surface area contributed by atoms with Crippen molar-refractivity contribution in [3.63, 3.8) is 0 Å². The summed E-state index contributed by atoms with van der Waals surface area (Å²) in [6.45, 7) is 4.74. The fourth-order valence-corrected chi connectivity index (χ4v) is 7.03. The zero-order valence-electron chi connectivity index (χ0n) is 18.2. The van der Waals surface area contributed by atoms with Crippen LogP contribution in [-0.4, -0.2) is 65.6 Å². The van der Waals surface area contributed by atoms with Crippen molar-refractivity contribution in [2.24, 2.45) is 5.92 Å². The highest BCUT2D eigenvalue weighted by Gasteiger charge is 2.72. The molecule has 1 aromatic carbocycles. The Kier molecular flexibility index (Phi) is 4.32. The maximum absolute atomic E-state index is 11.9. The molecule has 164 valence electrons. The number of ether oxygens (including phenoxy) is 2. The largest absolute Gasteiger partial charge is 0.504 e. The molecule has 7 heteroatoms. The molecule has 5 atom stereocenters. The lowest BCUT2D eigenvalue weighted by Gasteiger charge is -2.64. The molecule has 0 amide bonds. The van der Waals surface area contributed by atoms with Crippen LogP contribution >= 0.6 is 0 Å². The minimum atomic E-state index is -0.887. The molecule has 2 aliphatic carbocycles. The Balaban J connectivity index is 1.74. The average molecular weight is 417 g/mol. The highest BCUT2D eigenvalue weighted by molar-refractivity contribution is 5.80. The fraction of sp³-hybridized carbons (Fsp3) is 0.696. The van der Waals surface area contributed by atoms with Crippen LogP contribution in [0.15, 0.2) is 6.07 Å². The number of piperidine rings is 1. The molecular weight excluding hydrogens is 384 g/mol. The van der Waals surface area contributed by atoms with E-state index in [9.17, 15) is 15.0 Å². The normalized spacial score (nSPS) is 35.0. The lowest BCUT2D eigenvalue weighted by molar-refractivity contribution is -0.197. The van der Waals surface area contributed by atoms with Crippen LogP contribution in [0.3, 0.4) is 0 Å². The number of hydrogen-bond donors (Lipinski definition) is 3. The van der Waals surface area contributed by atoms with Crippen molar-refractivity contribution in [3.05, 3.63) is 17.2 Å². The number of likely N-dealkylation sites (tertiary alicyclic amines) is 1. The maximum Gasteiger partial charge on any atom is 0.326 e. The predicted molar refractivity (Wildman–Crippen MR) is 112 cm³/mol. The van der Waals surface area contributed by atoms with Gasteiger partial charge in [0.1, 0.15) is 12.1 Å². The van der Waals surface area contributed by atoms with Gasteiger partial charge < -0.3 is 29.9 Å². The number of benzene rings is 1. The Morgan fingerprint density at radius 1 is 1.40 bits per heavy atom. The highest BCUT2D eigenvalue weighted by Crippen LogP contribution is 2.67. The summed E-state index contributed by atoms with van der Waals surface area (Å²) in [5.41, 5.74) is 2.21. The monoisotopic (exact) mass is 416 g/mol. The third-order valence-electron chi connectivity index (χ3n) is 8.33. The third kappa shape index (κ3) is 2.25. The number of nitrogens with zero attached hydrogens (tertiary/aromatic N) is 1. The second kappa shape index (κ2) is 6.50. The number of phenolic OH excluding ortho intramolecular Hbond substituents is 1. The molecular formula is C23H32N2O5. The van der Waals surface area contributed by atoms with E-state index in [0.29, 0.717) is 11.4 Å². The molecule has 3 N–H and O–H groups in total. The van der Waals surface area contributed by atoms with Crippen molar-refractivity contribution < 1.29 is 24.5 Å². The lowest BCUT2D eigenvalue weighted by atomic mass is 9.49. The van der Waals surface area contributed by atoms with E-state index in [1.54, 1.807) is 6.07 Å². The molecule has 2 heterocycles. The molecule has 2 bridgehead atoms. The number of hydrogen-bond acceptors (Lipinski definition) is 6. The number of phenols is 1. The smallest absolute Gasteiger partial charge is 0.326 e. The van der Waals surface area contributed by atoms with Gasteiger partial charge >= 0.3 is 5.97 Å². The number of carboxylic acid groups (broad SMARTS) is 1. The van der Waals surface area contributed by atoms with Crippen molar-refractivity contribution >= 4 is 11.7 Å². The summed E-state index contributed by atoms with van der Waals surface area (Å²) in [5, 5.41) is 23.9. The van der Waals surface area contributed by atoms with Gasteiger partial charge in [0.2, 0.25) is 0 Å². The van der Waals surface area contributed by atoms with E-state index < -0.39 is 12.0 Å². The summed E-state index contributed by atoms with van der Waals surface area (Å²) in [6, 6.07) is 1.12. The first kappa shape index (κ1) is 19.9. The fourth-order valence-electron chi connectivity index (χ4n) is 7.03. The first-order valence-electron chi connectivity index (χ1n) is 11.1. The van der Waals surface area contributed by atoms with Gasteiger partial charge in [-0.1, -0.05) is 13.8 Å². The maximum atomic E-state index is 11.9. The van der Waals surface area contributed by atoms with Gasteiger partial charge in [-0.15, -0.1) is 0 Å². The summed E-state index contributed by atoms with van der Waals surface area (Å²) in [6.07, 6.45) is 4.60. The van der Waals surface area contributed by atoms with Crippen molar-refractivity contribution in [2.45, 2.75) is 75.2 Å². The molecule has 2 aliphatic heterocycles. The zero-order chi connectivity index (χ0) is 21.4. The molecule has 0 radical (unpaired) electrons. The summed E-state index contributed by atoms with van der Waals surface area (Å²) in [7, 11) is 3.98. The van der Waals surface area contributed by atoms with Gasteiger partial charge in [-0.3, -0.25) is 0 Å². The molecule has 2 fully saturated rings. The Morgan fingerprint density at radius 3 is 2.83 bits per heavy atom. The summed E-state index contributed by atoms with van der Waals surface area (Å²) < 4.78 is 12.8. The average Bonchev–Trinajstić information content (AvgIpc) is 3.04. The quantitative estimate of drug-likeness (QED) is 0.680. The van der Waals surface area contributed by atoms with Gasteiger partial charge in [-0.25, -0.2) is 4.79 Å². The molecule has 7 nitrogen and oxygen atoms in total. The molecule has 4 aliphatic rings. The van der Waals surface area contributed by atoms with E-state index in [0.717, 1.165) is 49.8 Å². The molecule has 1 unspecified atom stereocenters. The Labute approximate surface area is 177 Å². The SMILES string of the molecule is CO[C@@]12CCCC3Oc4c(O)cc(N[C@H](C(=O)O)C(C)C)c5c4[C@@]31CCN(C)[C@@H]2C5. The van der Waals surface area contributed by atoms with E-state index in [1.807, 2.05) is 21.0 Å². The van der Waals surface area contributed by atoms with Crippen LogP contribution in [0, 0.1) is 5.92 Å². The number of carbonyl (C=O) groups is 1. The summed E-state index contributed by atoms with van der Waals surface area (Å²) in [5.74, 6) is -0.300. The van der Waals surface area contributed by atoms with E-state index >= 15 is 0 Å². The lowest BCUT2D eigenvalue weighted by Crippen LogP contribution is -2.75. The molecule has 1 spiro atoms. The van der Waals surface area contributed by atoms with Crippen molar-refractivity contribution in [3.8, 4) is 11.5 Å². The first-order valence-corrected chi connectivity index (χ1v) is 11.1. The van der Waals surface area contributed by atoms with Crippen molar-refractivity contribution in [1.82, 2.24) is 4.90 Å². The van der Waals surface area contributed by atoms with Gasteiger partial charge in [-0.2, -0.15) is 0 Å². The number of nitrogens with one attached hydrogen (secondary N) is 1. The second-order valence-corrected chi connectivity index (χ2v) is 9.84. The Morgan fingerprint density at radius 2 is 2.17 bits per heavy atom. The van der Waals surface area contributed by atoms with Crippen LogP contribution < -0.4 is 10.1 Å². The minimum Gasteiger partial charge on any atom is -0.504 e. The predicted octanol–water partition coefficient (Wildman–Crippen LogP) is 2.74. The van der Waals surface area contributed by atoms with E-state index in [1.165, 1.54) is 0 Å². The van der Waals surface area contributed by atoms with Gasteiger partial charge in [0.15, 0.2) is 11.5 Å². The number of aromatic hydroxyl groups is 1. The third-order valence-corrected chi connectivity index (χ3v) is 8.33. The van der Waals surface area contributed by atoms with Gasteiger partial charge in [-0.05, 0) is 57.2 Å². The summed E-state index contributed by atoms with van der Waals surface area (Å²) in [4.78, 5) is 14.3. The second-order valence-electron chi connectivity index (χ2n) is 9.84. The van der Waals surface area contributed by atoms with Crippen LogP contribution in [0.4, 0.5) is 5.69 Å². The topological polar surface area (TPSA) is 91.3 Å². The van der Waals surface area contributed by atoms with Crippen LogP contribution in [-0.2, 0) is 21.4 Å². The number of anilines is 1. The van der Waals surface area contributed by atoms with E-state index in [-0.39, 0.29) is 34.8 Å². The highest BCUT2D eigenvalue weighted by atomic mass is 16.5. The van der Waals surface area contributed by atoms with Gasteiger partial charge in [0, 0.05) is 30.5 Å². The number of aliphatic carboxylic acids is 1. The molecule has 0 aromatic heterocycles. The molecule has 1 saturated heterocycles. The van der Waals surface area contributed by atoms with E-state index in [4.69, 9.17) is 9.47 Å². The van der Waals surface area contributed by atoms with Crippen LogP contribution in [0.2, 0.25) is 0 Å². The number of likely N-dealkylation sites (N-methyl/N-ethyl adjacent to an activating group) is 1. The van der Waals surface area contributed by atoms with Crippen LogP contribution in [0.25, 0.3) is 0 Å². The minimum absolute atomic E-state index is 0.0158. The van der Waals surface area contributed by atoms with E-state index in [2.05, 4.69) is 17.3 Å². The molecule has 5 rings (SSSR count).